The first-order valence-electron chi connectivity index (χ1n) is 22.5. The van der Waals surface area contributed by atoms with Gasteiger partial charge in [0.1, 0.15) is 17.4 Å². The number of morpholine rings is 1. The van der Waals surface area contributed by atoms with Crippen LogP contribution in [0.1, 0.15) is 104 Å². The number of hydrogen-bond acceptors (Lipinski definition) is 11. The highest BCUT2D eigenvalue weighted by molar-refractivity contribution is 6.08. The highest BCUT2D eigenvalue weighted by atomic mass is 19.3. The van der Waals surface area contributed by atoms with Crippen molar-refractivity contribution < 1.29 is 27.9 Å². The van der Waals surface area contributed by atoms with E-state index in [2.05, 4.69) is 41.6 Å². The van der Waals surface area contributed by atoms with Gasteiger partial charge in [0.2, 0.25) is 11.8 Å². The standard InChI is InChI=1S/C44H52F2N12O5/c1-52-39-26(3-2-4-34(39)58(44(52)62)35-11-12-37(59)50-43(35)61)19-53-20-28-9-10-29(21-53)54(28)15-13-25-5-7-27(8-6-25)57-23-33(38(51-57)40(45)46)48-42(60)32-18-47-56-16-14-36(49-41(32)56)55-22-31-17-30(55)24-63-31/h2-4,14,16,18,23,25,27-31,35,40H,5-13,15,17,19-22,24H2,1H3,(H,48,60)(H,50,59,61)/t25-,27-,28-,29+,30-,31-,35?/m1/s1. The molecule has 1 aromatic carbocycles. The molecule has 3 amide bonds. The molecule has 1 unspecified atom stereocenters. The maximum absolute atomic E-state index is 14.4. The monoisotopic (exact) mass is 866 g/mol. The third-order valence-electron chi connectivity index (χ3n) is 14.8. The van der Waals surface area contributed by atoms with Crippen LogP contribution in [0.4, 0.5) is 20.3 Å². The minimum atomic E-state index is -2.86. The first-order chi connectivity index (χ1) is 30.6. The van der Waals surface area contributed by atoms with Crippen molar-refractivity contribution in [2.75, 3.05) is 43.0 Å². The molecule has 63 heavy (non-hydrogen) atoms. The van der Waals surface area contributed by atoms with Crippen LogP contribution in [0.25, 0.3) is 16.7 Å². The number of rotatable bonds is 11. The second-order valence-electron chi connectivity index (χ2n) is 18.5. The molecule has 4 bridgehead atoms. The fraction of sp³-hybridized carbons (Fsp3) is 0.568. The predicted octanol–water partition coefficient (Wildman–Crippen LogP) is 4.19. The molecule has 9 heterocycles. The van der Waals surface area contributed by atoms with Crippen molar-refractivity contribution in [3.8, 4) is 0 Å². The van der Waals surface area contributed by atoms with Gasteiger partial charge in [-0.05, 0) is 87.9 Å². The Bertz CT molecular complexity index is 2650. The summed E-state index contributed by atoms with van der Waals surface area (Å²) in [4.78, 5) is 63.8. The van der Waals surface area contributed by atoms with Gasteiger partial charge in [-0.15, -0.1) is 0 Å². The van der Waals surface area contributed by atoms with Gasteiger partial charge in [-0.2, -0.15) is 10.2 Å². The Morgan fingerprint density at radius 1 is 0.984 bits per heavy atom. The Hall–Kier alpha value is -5.53. The van der Waals surface area contributed by atoms with E-state index >= 15 is 0 Å². The highest BCUT2D eigenvalue weighted by Gasteiger charge is 2.42. The number of para-hydroxylation sites is 1. The van der Waals surface area contributed by atoms with Crippen molar-refractivity contribution in [3.63, 3.8) is 0 Å². The normalized spacial score (nSPS) is 27.7. The Balaban J connectivity index is 0.697. The van der Waals surface area contributed by atoms with E-state index in [4.69, 9.17) is 9.72 Å². The van der Waals surface area contributed by atoms with Crippen LogP contribution in [0.2, 0.25) is 0 Å². The van der Waals surface area contributed by atoms with Gasteiger partial charge < -0.3 is 15.0 Å². The van der Waals surface area contributed by atoms with Crippen LogP contribution in [-0.2, 0) is 27.9 Å². The topological polar surface area (TPSA) is 169 Å². The molecule has 0 spiro atoms. The van der Waals surface area contributed by atoms with Crippen LogP contribution in [0, 0.1) is 5.92 Å². The quantitative estimate of drug-likeness (QED) is 0.183. The summed E-state index contributed by atoms with van der Waals surface area (Å²) in [6.45, 7) is 5.00. The molecule has 19 heteroatoms. The number of nitrogens with one attached hydrogen (secondary N) is 2. The van der Waals surface area contributed by atoms with Gasteiger partial charge in [-0.3, -0.25) is 43.3 Å². The first kappa shape index (κ1) is 40.3. The molecule has 0 radical (unpaired) electrons. The van der Waals surface area contributed by atoms with E-state index in [0.29, 0.717) is 48.7 Å². The number of imide groups is 1. The SMILES string of the molecule is Cn1c(=O)n(C2CCC(=O)NC2=O)c2cccc(CN3C[C@H]4CC[C@@H](C3)N4CC[C@H]3CC[C@H](n4cc(NC(=O)c5cnn6ccc(N7C[C@H]8C[C@@H]7CO8)nc56)c(C(F)F)n4)CC3)c21. The van der Waals surface area contributed by atoms with Crippen molar-refractivity contribution in [2.45, 2.75) is 113 Å². The molecular formula is C44H52F2N12O5. The molecule has 4 aromatic heterocycles. The van der Waals surface area contributed by atoms with Gasteiger partial charge in [0.25, 0.3) is 12.3 Å². The maximum Gasteiger partial charge on any atom is 0.329 e. The number of amides is 3. The molecule has 1 aliphatic carbocycles. The van der Waals surface area contributed by atoms with Crippen molar-refractivity contribution in [1.82, 2.24) is 48.6 Å². The summed E-state index contributed by atoms with van der Waals surface area (Å²) in [5.74, 6) is -0.0344. The van der Waals surface area contributed by atoms with Crippen LogP contribution in [0.3, 0.4) is 0 Å². The molecule has 5 aliphatic heterocycles. The summed E-state index contributed by atoms with van der Waals surface area (Å²) in [6, 6.07) is 8.18. The van der Waals surface area contributed by atoms with Crippen LogP contribution in [-0.4, -0.2) is 118 Å². The molecule has 5 aromatic rings. The second kappa shape index (κ2) is 15.9. The van der Waals surface area contributed by atoms with Gasteiger partial charge in [0.15, 0.2) is 11.3 Å². The summed E-state index contributed by atoms with van der Waals surface area (Å²) >= 11 is 0. The summed E-state index contributed by atoms with van der Waals surface area (Å²) in [6.07, 6.45) is 10.5. The number of aryl methyl sites for hydroxylation is 1. The number of carbonyl (C=O) groups excluding carboxylic acids is 3. The second-order valence-corrected chi connectivity index (χ2v) is 18.5. The molecule has 1 saturated carbocycles. The Morgan fingerprint density at radius 3 is 2.51 bits per heavy atom. The zero-order valence-electron chi connectivity index (χ0n) is 35.2. The number of piperazine rings is 1. The van der Waals surface area contributed by atoms with Crippen LogP contribution < -0.4 is 21.2 Å². The number of halogens is 2. The van der Waals surface area contributed by atoms with Crippen molar-refractivity contribution >= 4 is 45.9 Å². The van der Waals surface area contributed by atoms with E-state index < -0.39 is 30.0 Å². The number of anilines is 2. The molecular weight excluding hydrogens is 815 g/mol. The lowest BCUT2D eigenvalue weighted by molar-refractivity contribution is -0.135. The number of aromatic nitrogens is 7. The van der Waals surface area contributed by atoms with Gasteiger partial charge in [0, 0.05) is 64.1 Å². The Labute approximate surface area is 361 Å². The number of ether oxygens (including phenoxy) is 1. The third-order valence-corrected chi connectivity index (χ3v) is 14.8. The molecule has 6 fully saturated rings. The van der Waals surface area contributed by atoms with Crippen LogP contribution >= 0.6 is 0 Å². The fourth-order valence-electron chi connectivity index (χ4n) is 11.6. The van der Waals surface area contributed by atoms with Crippen LogP contribution in [0.15, 0.2) is 47.7 Å². The fourth-order valence-corrected chi connectivity index (χ4v) is 11.6. The van der Waals surface area contributed by atoms with Crippen molar-refractivity contribution in [2.24, 2.45) is 13.0 Å². The zero-order chi connectivity index (χ0) is 43.1. The minimum absolute atomic E-state index is 0.00241. The maximum atomic E-state index is 14.4. The zero-order valence-corrected chi connectivity index (χ0v) is 35.2. The third kappa shape index (κ3) is 7.21. The predicted molar refractivity (Wildman–Crippen MR) is 227 cm³/mol. The van der Waals surface area contributed by atoms with Gasteiger partial charge in [-0.25, -0.2) is 23.1 Å². The van der Waals surface area contributed by atoms with E-state index in [0.717, 1.165) is 94.4 Å². The van der Waals surface area contributed by atoms with Crippen molar-refractivity contribution in [3.05, 3.63) is 70.2 Å². The summed E-state index contributed by atoms with van der Waals surface area (Å²) < 4.78 is 40.8. The molecule has 5 saturated heterocycles. The van der Waals surface area contributed by atoms with E-state index in [9.17, 15) is 28.0 Å². The number of hydrogen-bond donors (Lipinski definition) is 2. The summed E-state index contributed by atoms with van der Waals surface area (Å²) in [5, 5.41) is 13.7. The summed E-state index contributed by atoms with van der Waals surface area (Å²) in [5.41, 5.74) is 2.46. The number of fused-ring (bicyclic) bond motifs is 6. The van der Waals surface area contributed by atoms with E-state index in [-0.39, 0.29) is 47.5 Å². The number of carbonyl (C=O) groups is 3. The number of benzene rings is 1. The Kier molecular flexibility index (Phi) is 10.2. The first-order valence-corrected chi connectivity index (χ1v) is 22.5. The number of likely N-dealkylation sites (tertiary alicyclic amines) is 1. The largest absolute Gasteiger partial charge is 0.374 e. The summed E-state index contributed by atoms with van der Waals surface area (Å²) in [7, 11) is 1.75. The van der Waals surface area contributed by atoms with Gasteiger partial charge in [-0.1, -0.05) is 12.1 Å². The van der Waals surface area contributed by atoms with Crippen molar-refractivity contribution in [1.29, 1.82) is 0 Å². The average molecular weight is 867 g/mol. The molecule has 17 nitrogen and oxygen atoms in total. The molecule has 332 valence electrons. The minimum Gasteiger partial charge on any atom is -0.374 e. The Morgan fingerprint density at radius 2 is 1.78 bits per heavy atom. The molecule has 11 rings (SSSR count). The molecule has 5 atom stereocenters. The average Bonchev–Trinajstić information content (AvgIpc) is 4.14. The van der Waals surface area contributed by atoms with Gasteiger partial charge in [0.05, 0.1) is 47.7 Å². The van der Waals surface area contributed by atoms with E-state index in [1.54, 1.807) is 33.3 Å². The highest BCUT2D eigenvalue weighted by Crippen LogP contribution is 2.39. The smallest absolute Gasteiger partial charge is 0.329 e. The van der Waals surface area contributed by atoms with Gasteiger partial charge >= 0.3 is 5.69 Å². The molecule has 2 N–H and O–H groups in total. The van der Waals surface area contributed by atoms with Crippen LogP contribution in [0.5, 0.6) is 0 Å². The number of imidazole rings is 1. The lowest BCUT2D eigenvalue weighted by Gasteiger charge is -2.42. The lowest BCUT2D eigenvalue weighted by atomic mass is 9.84. The lowest BCUT2D eigenvalue weighted by Crippen LogP contribution is -2.53. The van der Waals surface area contributed by atoms with E-state index in [1.165, 1.54) is 10.7 Å². The number of nitrogens with zero attached hydrogens (tertiary/aromatic N) is 10. The number of piperidine rings is 1. The molecule has 6 aliphatic rings. The number of alkyl halides is 2. The van der Waals surface area contributed by atoms with E-state index in [1.807, 2.05) is 18.2 Å².